The monoisotopic (exact) mass is 391 g/mol. The summed E-state index contributed by atoms with van der Waals surface area (Å²) in [5.41, 5.74) is -0.857. The molecule has 0 heterocycles. The summed E-state index contributed by atoms with van der Waals surface area (Å²) in [5, 5.41) is 0. The zero-order valence-electron chi connectivity index (χ0n) is 18.4. The molecule has 3 saturated carbocycles. The average Bonchev–Trinajstić information content (AvgIpc) is 3.07. The van der Waals surface area contributed by atoms with Crippen LogP contribution in [0, 0.1) is 40.6 Å². The number of nitrogens with zero attached hydrogens (tertiary/aromatic N) is 1. The lowest BCUT2D eigenvalue weighted by Crippen LogP contribution is -2.63. The van der Waals surface area contributed by atoms with Crippen molar-refractivity contribution in [2.75, 3.05) is 27.6 Å². The summed E-state index contributed by atoms with van der Waals surface area (Å²) in [5.74, 6) is 0.931. The molecule has 2 unspecified atom stereocenters. The van der Waals surface area contributed by atoms with E-state index in [1.54, 1.807) is 7.11 Å². The van der Waals surface area contributed by atoms with Crippen LogP contribution in [0.2, 0.25) is 0 Å². The molecule has 0 aliphatic heterocycles. The molecule has 5 heteroatoms. The van der Waals surface area contributed by atoms with Crippen molar-refractivity contribution in [3.8, 4) is 0 Å². The van der Waals surface area contributed by atoms with E-state index in [0.717, 1.165) is 25.7 Å². The Hall–Kier alpha value is -0.960. The Labute approximate surface area is 170 Å². The Morgan fingerprint density at radius 2 is 1.86 bits per heavy atom. The molecule has 8 atom stereocenters. The van der Waals surface area contributed by atoms with Crippen molar-refractivity contribution in [2.45, 2.75) is 72.0 Å². The van der Waals surface area contributed by atoms with E-state index in [2.05, 4.69) is 25.6 Å². The highest BCUT2D eigenvalue weighted by molar-refractivity contribution is 5.88. The molecule has 0 aromatic rings. The first-order chi connectivity index (χ1) is 13.2. The number of carbonyl (C=O) groups is 1. The van der Waals surface area contributed by atoms with Crippen molar-refractivity contribution >= 4 is 5.78 Å². The Bertz CT molecular complexity index is 645. The molecule has 0 aromatic heterocycles. The zero-order valence-corrected chi connectivity index (χ0v) is 18.4. The Kier molecular flexibility index (Phi) is 5.98. The van der Waals surface area contributed by atoms with Crippen LogP contribution in [-0.4, -0.2) is 45.5 Å². The first-order valence-electron chi connectivity index (χ1n) is 10.7. The van der Waals surface area contributed by atoms with Gasteiger partial charge in [-0.05, 0) is 56.3 Å². The van der Waals surface area contributed by atoms with E-state index in [4.69, 9.17) is 20.8 Å². The van der Waals surface area contributed by atoms with Crippen LogP contribution in [-0.2, 0) is 19.0 Å². The van der Waals surface area contributed by atoms with Crippen molar-refractivity contribution in [3.05, 3.63) is 11.4 Å². The Morgan fingerprint density at radius 3 is 2.46 bits per heavy atom. The van der Waals surface area contributed by atoms with E-state index in [0.29, 0.717) is 12.3 Å². The van der Waals surface area contributed by atoms with Gasteiger partial charge in [-0.25, -0.2) is 6.57 Å². The van der Waals surface area contributed by atoms with Crippen LogP contribution in [0.15, 0.2) is 0 Å². The van der Waals surface area contributed by atoms with Crippen LogP contribution in [0.3, 0.4) is 0 Å². The van der Waals surface area contributed by atoms with Gasteiger partial charge in [0.05, 0.1) is 12.2 Å². The average molecular weight is 392 g/mol. The maximum Gasteiger partial charge on any atom is 0.226 e. The van der Waals surface area contributed by atoms with Gasteiger partial charge < -0.3 is 19.1 Å². The molecule has 0 radical (unpaired) electrons. The van der Waals surface area contributed by atoms with Gasteiger partial charge in [0.1, 0.15) is 18.0 Å². The molecule has 3 aliphatic carbocycles. The quantitative estimate of drug-likeness (QED) is 0.516. The minimum Gasteiger partial charge on any atom is -0.381 e. The fourth-order valence-electron chi connectivity index (χ4n) is 7.20. The van der Waals surface area contributed by atoms with Gasteiger partial charge in [0.2, 0.25) is 6.54 Å². The fraction of sp³-hybridized carbons (Fsp3) is 0.913. The van der Waals surface area contributed by atoms with Gasteiger partial charge in [-0.15, -0.1) is 0 Å². The first kappa shape index (κ1) is 21.7. The molecule has 2 bridgehead atoms. The normalized spacial score (nSPS) is 48.5. The lowest BCUT2D eigenvalue weighted by molar-refractivity contribution is -0.218. The van der Waals surface area contributed by atoms with E-state index < -0.39 is 5.41 Å². The minimum atomic E-state index is -0.680. The van der Waals surface area contributed by atoms with E-state index >= 15 is 0 Å². The number of rotatable bonds is 5. The predicted octanol–water partition coefficient (Wildman–Crippen LogP) is 4.36. The summed E-state index contributed by atoms with van der Waals surface area (Å²) < 4.78 is 17.6. The largest absolute Gasteiger partial charge is 0.381 e. The third-order valence-corrected chi connectivity index (χ3v) is 8.96. The third kappa shape index (κ3) is 2.95. The molecule has 0 N–H and O–H groups in total. The number of hydrogen-bond acceptors (Lipinski definition) is 4. The van der Waals surface area contributed by atoms with Gasteiger partial charge >= 0.3 is 0 Å². The topological polar surface area (TPSA) is 49.1 Å². The molecule has 0 amide bonds. The van der Waals surface area contributed by atoms with Crippen molar-refractivity contribution in [3.63, 3.8) is 0 Å². The van der Waals surface area contributed by atoms with Gasteiger partial charge in [-0.3, -0.25) is 4.79 Å². The smallest absolute Gasteiger partial charge is 0.226 e. The summed E-state index contributed by atoms with van der Waals surface area (Å²) in [6.07, 6.45) is 4.78. The SMILES string of the molecule is [C-]#[N+]C[C@]1(C)C[C@@H](OCOC)[C@@]2(C)C3[C@H](OC)CCC3(CC[C@H]2C)[C@@H](C)C1=O. The number of ketones is 1. The van der Waals surface area contributed by atoms with Gasteiger partial charge in [0.25, 0.3) is 0 Å². The van der Waals surface area contributed by atoms with Crippen molar-refractivity contribution in [1.82, 2.24) is 0 Å². The molecule has 158 valence electrons. The van der Waals surface area contributed by atoms with Crippen LogP contribution < -0.4 is 0 Å². The second-order valence-electron chi connectivity index (χ2n) is 10.1. The van der Waals surface area contributed by atoms with Crippen LogP contribution in [0.4, 0.5) is 0 Å². The van der Waals surface area contributed by atoms with Crippen LogP contribution in [0.5, 0.6) is 0 Å². The first-order valence-corrected chi connectivity index (χ1v) is 10.7. The summed E-state index contributed by atoms with van der Waals surface area (Å²) in [7, 11) is 3.45. The number of ether oxygens (including phenoxy) is 3. The van der Waals surface area contributed by atoms with Crippen molar-refractivity contribution in [2.24, 2.45) is 34.0 Å². The lowest BCUT2D eigenvalue weighted by atomic mass is 9.44. The summed E-state index contributed by atoms with van der Waals surface area (Å²) in [6.45, 7) is 16.7. The van der Waals surface area contributed by atoms with E-state index in [-0.39, 0.29) is 54.0 Å². The molecular weight excluding hydrogens is 354 g/mol. The van der Waals surface area contributed by atoms with Gasteiger partial charge in [-0.1, -0.05) is 20.8 Å². The van der Waals surface area contributed by atoms with E-state index in [1.165, 1.54) is 0 Å². The highest BCUT2D eigenvalue weighted by Gasteiger charge is 2.68. The number of carbonyl (C=O) groups excluding carboxylic acids is 1. The van der Waals surface area contributed by atoms with Gasteiger partial charge in [-0.2, -0.15) is 0 Å². The summed E-state index contributed by atoms with van der Waals surface area (Å²) >= 11 is 0. The molecule has 3 fully saturated rings. The lowest BCUT2D eigenvalue weighted by Gasteiger charge is -2.61. The third-order valence-electron chi connectivity index (χ3n) is 8.96. The van der Waals surface area contributed by atoms with Crippen molar-refractivity contribution in [1.29, 1.82) is 0 Å². The van der Waals surface area contributed by atoms with Gasteiger partial charge in [0, 0.05) is 25.6 Å². The second-order valence-corrected chi connectivity index (χ2v) is 10.1. The molecule has 5 nitrogen and oxygen atoms in total. The zero-order chi connectivity index (χ0) is 20.7. The van der Waals surface area contributed by atoms with E-state index in [9.17, 15) is 4.79 Å². The number of hydrogen-bond donors (Lipinski definition) is 0. The summed E-state index contributed by atoms with van der Waals surface area (Å²) in [6, 6.07) is 0. The molecule has 3 aliphatic rings. The fourth-order valence-corrected chi connectivity index (χ4v) is 7.20. The molecular formula is C23H37NO4. The van der Waals surface area contributed by atoms with Crippen molar-refractivity contribution < 1.29 is 19.0 Å². The molecule has 28 heavy (non-hydrogen) atoms. The Morgan fingerprint density at radius 1 is 1.18 bits per heavy atom. The Balaban J connectivity index is 2.19. The second kappa shape index (κ2) is 7.70. The van der Waals surface area contributed by atoms with Crippen LogP contribution in [0.1, 0.15) is 59.8 Å². The molecule has 3 rings (SSSR count). The summed E-state index contributed by atoms with van der Waals surface area (Å²) in [4.78, 5) is 17.4. The van der Waals surface area contributed by atoms with Crippen LogP contribution >= 0.6 is 0 Å². The highest BCUT2D eigenvalue weighted by atomic mass is 16.7. The molecule has 0 aromatic carbocycles. The van der Waals surface area contributed by atoms with Gasteiger partial charge in [0.15, 0.2) is 0 Å². The number of methoxy groups -OCH3 is 2. The van der Waals surface area contributed by atoms with E-state index in [1.807, 2.05) is 14.0 Å². The predicted molar refractivity (Wildman–Crippen MR) is 108 cm³/mol. The highest BCUT2D eigenvalue weighted by Crippen LogP contribution is 2.68. The standard InChI is InChI=1S/C23H37NO4/c1-15-8-10-23-11-9-17(27-7)19(23)22(15,4)18(28-14-26-6)12-21(3,13-24-5)20(25)16(23)2/h15-19H,8-14H2,1-4,6-7H3/t15-,16+,17-,18-,19?,21+,22+,23?/m1/s1. The molecule has 0 spiro atoms. The minimum absolute atomic E-state index is 0.0559. The number of Topliss-reactive ketones (excluding diaryl/α,β-unsaturated/α-hetero) is 1. The molecule has 0 saturated heterocycles. The maximum absolute atomic E-state index is 13.8. The van der Waals surface area contributed by atoms with Crippen LogP contribution in [0.25, 0.3) is 4.85 Å². The maximum atomic E-state index is 13.8.